The van der Waals surface area contributed by atoms with Crippen LogP contribution >= 0.6 is 11.6 Å². The van der Waals surface area contributed by atoms with Crippen LogP contribution in [-0.2, 0) is 22.3 Å². The van der Waals surface area contributed by atoms with Gasteiger partial charge < -0.3 is 5.32 Å². The monoisotopic (exact) mass is 324 g/mol. The van der Waals surface area contributed by atoms with Gasteiger partial charge in [0.15, 0.2) is 0 Å². The number of hydrogen-bond donors (Lipinski definition) is 2. The average molecular weight is 325 g/mol. The Kier molecular flexibility index (Phi) is 5.22. The van der Waals surface area contributed by atoms with E-state index in [1.807, 2.05) is 31.3 Å². The fraction of sp³-hybridized carbons (Fsp3) is 0.200. The Morgan fingerprint density at radius 2 is 1.62 bits per heavy atom. The molecule has 0 bridgehead atoms. The number of nitrogens with one attached hydrogen (secondary N) is 2. The van der Waals surface area contributed by atoms with Crippen LogP contribution in [0.3, 0.4) is 0 Å². The second-order valence-corrected chi connectivity index (χ2v) is 6.82. The van der Waals surface area contributed by atoms with E-state index in [0.717, 1.165) is 17.7 Å². The standard InChI is InChI=1S/C15H17ClN2O2S/c1-17-10-12-6-8-13(9-7-12)11-21(19,20)18-15-5-3-2-4-14(15)16/h2-9,17-18H,10-11H2,1H3. The van der Waals surface area contributed by atoms with E-state index in [2.05, 4.69) is 10.0 Å². The van der Waals surface area contributed by atoms with E-state index < -0.39 is 10.0 Å². The molecule has 2 aromatic carbocycles. The fourth-order valence-corrected chi connectivity index (χ4v) is 3.38. The van der Waals surface area contributed by atoms with Gasteiger partial charge in [-0.05, 0) is 30.3 Å². The van der Waals surface area contributed by atoms with Crippen molar-refractivity contribution in [2.75, 3.05) is 11.8 Å². The Balaban J connectivity index is 2.09. The van der Waals surface area contributed by atoms with Gasteiger partial charge in [-0.3, -0.25) is 4.72 Å². The molecule has 0 spiro atoms. The zero-order chi connectivity index (χ0) is 15.3. The topological polar surface area (TPSA) is 58.2 Å². The molecule has 0 aliphatic heterocycles. The van der Waals surface area contributed by atoms with Gasteiger partial charge in [0.1, 0.15) is 0 Å². The van der Waals surface area contributed by atoms with Gasteiger partial charge in [0.25, 0.3) is 0 Å². The summed E-state index contributed by atoms with van der Waals surface area (Å²) >= 11 is 5.95. The summed E-state index contributed by atoms with van der Waals surface area (Å²) in [5.74, 6) is -0.0853. The highest BCUT2D eigenvalue weighted by Crippen LogP contribution is 2.22. The third-order valence-corrected chi connectivity index (χ3v) is 4.47. The van der Waals surface area contributed by atoms with Crippen LogP contribution in [0.25, 0.3) is 0 Å². The second-order valence-electron chi connectivity index (χ2n) is 4.69. The molecule has 2 N–H and O–H groups in total. The van der Waals surface area contributed by atoms with Gasteiger partial charge in [-0.25, -0.2) is 8.42 Å². The van der Waals surface area contributed by atoms with E-state index in [-0.39, 0.29) is 5.75 Å². The lowest BCUT2D eigenvalue weighted by molar-refractivity contribution is 0.600. The number of rotatable bonds is 6. The summed E-state index contributed by atoms with van der Waals surface area (Å²) in [7, 11) is -1.62. The fourth-order valence-electron chi connectivity index (χ4n) is 1.92. The van der Waals surface area contributed by atoms with E-state index in [4.69, 9.17) is 11.6 Å². The number of halogens is 1. The highest BCUT2D eigenvalue weighted by molar-refractivity contribution is 7.91. The molecule has 0 aliphatic carbocycles. The van der Waals surface area contributed by atoms with Crippen molar-refractivity contribution in [2.45, 2.75) is 12.3 Å². The summed E-state index contributed by atoms with van der Waals surface area (Å²) in [5.41, 5.74) is 2.23. The molecule has 0 amide bonds. The Morgan fingerprint density at radius 1 is 1.00 bits per heavy atom. The molecule has 112 valence electrons. The zero-order valence-corrected chi connectivity index (χ0v) is 13.2. The molecular formula is C15H17ClN2O2S. The highest BCUT2D eigenvalue weighted by atomic mass is 35.5. The Labute approximate surface area is 130 Å². The first-order valence-electron chi connectivity index (χ1n) is 6.47. The molecule has 0 aliphatic rings. The predicted octanol–water partition coefficient (Wildman–Crippen LogP) is 3.00. The predicted molar refractivity (Wildman–Crippen MR) is 86.9 cm³/mol. The van der Waals surface area contributed by atoms with Gasteiger partial charge in [-0.1, -0.05) is 48.0 Å². The molecule has 0 atom stereocenters. The minimum atomic E-state index is -3.49. The van der Waals surface area contributed by atoms with Gasteiger partial charge in [-0.2, -0.15) is 0 Å². The van der Waals surface area contributed by atoms with Crippen LogP contribution in [0, 0.1) is 0 Å². The third-order valence-electron chi connectivity index (χ3n) is 2.90. The van der Waals surface area contributed by atoms with Gasteiger partial charge in [0.05, 0.1) is 16.5 Å². The van der Waals surface area contributed by atoms with Crippen molar-refractivity contribution < 1.29 is 8.42 Å². The zero-order valence-electron chi connectivity index (χ0n) is 11.6. The summed E-state index contributed by atoms with van der Waals surface area (Å²) in [5, 5.41) is 3.43. The van der Waals surface area contributed by atoms with Crippen LogP contribution in [0.15, 0.2) is 48.5 Å². The largest absolute Gasteiger partial charge is 0.316 e. The lowest BCUT2D eigenvalue weighted by Gasteiger charge is -2.10. The molecule has 2 rings (SSSR count). The van der Waals surface area contributed by atoms with Crippen molar-refractivity contribution in [3.63, 3.8) is 0 Å². The van der Waals surface area contributed by atoms with Crippen molar-refractivity contribution in [3.8, 4) is 0 Å². The SMILES string of the molecule is CNCc1ccc(CS(=O)(=O)Nc2ccccc2Cl)cc1. The second kappa shape index (κ2) is 6.93. The number of hydrogen-bond acceptors (Lipinski definition) is 3. The van der Waals surface area contributed by atoms with Crippen molar-refractivity contribution in [1.82, 2.24) is 5.32 Å². The van der Waals surface area contributed by atoms with Crippen molar-refractivity contribution in [1.29, 1.82) is 0 Å². The van der Waals surface area contributed by atoms with E-state index in [1.165, 1.54) is 0 Å². The summed E-state index contributed by atoms with van der Waals surface area (Å²) < 4.78 is 26.8. The average Bonchev–Trinajstić information content (AvgIpc) is 2.43. The first-order chi connectivity index (χ1) is 10.00. The molecule has 4 nitrogen and oxygen atoms in total. The summed E-state index contributed by atoms with van der Waals surface area (Å²) in [6.07, 6.45) is 0. The summed E-state index contributed by atoms with van der Waals surface area (Å²) in [4.78, 5) is 0. The normalized spacial score (nSPS) is 11.3. The maximum absolute atomic E-state index is 12.2. The first kappa shape index (κ1) is 15.8. The lowest BCUT2D eigenvalue weighted by atomic mass is 10.1. The molecule has 21 heavy (non-hydrogen) atoms. The Hall–Kier alpha value is -1.56. The summed E-state index contributed by atoms with van der Waals surface area (Å²) in [6.45, 7) is 0.755. The van der Waals surface area contributed by atoms with E-state index >= 15 is 0 Å². The van der Waals surface area contributed by atoms with E-state index in [1.54, 1.807) is 24.3 Å². The van der Waals surface area contributed by atoms with Crippen molar-refractivity contribution >= 4 is 27.3 Å². The molecular weight excluding hydrogens is 308 g/mol. The van der Waals surface area contributed by atoms with Gasteiger partial charge >= 0.3 is 0 Å². The molecule has 0 heterocycles. The Morgan fingerprint density at radius 3 is 2.24 bits per heavy atom. The van der Waals surface area contributed by atoms with Gasteiger partial charge in [0.2, 0.25) is 10.0 Å². The van der Waals surface area contributed by atoms with Crippen molar-refractivity contribution in [2.24, 2.45) is 0 Å². The van der Waals surface area contributed by atoms with Crippen LogP contribution in [-0.4, -0.2) is 15.5 Å². The maximum Gasteiger partial charge on any atom is 0.236 e. The van der Waals surface area contributed by atoms with Crippen molar-refractivity contribution in [3.05, 3.63) is 64.7 Å². The molecule has 2 aromatic rings. The molecule has 0 fully saturated rings. The van der Waals surface area contributed by atoms with Gasteiger partial charge in [-0.15, -0.1) is 0 Å². The van der Waals surface area contributed by atoms with E-state index in [9.17, 15) is 8.42 Å². The number of para-hydroxylation sites is 1. The smallest absolute Gasteiger partial charge is 0.236 e. The number of benzene rings is 2. The Bertz CT molecular complexity index is 700. The van der Waals surface area contributed by atoms with Crippen LogP contribution in [0.5, 0.6) is 0 Å². The first-order valence-corrected chi connectivity index (χ1v) is 8.50. The third kappa shape index (κ3) is 4.74. The maximum atomic E-state index is 12.2. The molecule has 0 saturated heterocycles. The molecule has 0 unspecified atom stereocenters. The van der Waals surface area contributed by atoms with Gasteiger partial charge in [0, 0.05) is 6.54 Å². The molecule has 0 saturated carbocycles. The molecule has 6 heteroatoms. The van der Waals surface area contributed by atoms with Crippen LogP contribution in [0.1, 0.15) is 11.1 Å². The minimum Gasteiger partial charge on any atom is -0.316 e. The number of sulfonamides is 1. The van der Waals surface area contributed by atoms with Crippen LogP contribution < -0.4 is 10.0 Å². The number of anilines is 1. The van der Waals surface area contributed by atoms with Crippen LogP contribution in [0.4, 0.5) is 5.69 Å². The quantitative estimate of drug-likeness (QED) is 0.858. The van der Waals surface area contributed by atoms with E-state index in [0.29, 0.717) is 10.7 Å². The highest BCUT2D eigenvalue weighted by Gasteiger charge is 2.13. The minimum absolute atomic E-state index is 0.0853. The molecule has 0 aromatic heterocycles. The summed E-state index contributed by atoms with van der Waals surface area (Å²) in [6, 6.07) is 14.2. The van der Waals surface area contributed by atoms with Crippen LogP contribution in [0.2, 0.25) is 5.02 Å². The molecule has 0 radical (unpaired) electrons. The lowest BCUT2D eigenvalue weighted by Crippen LogP contribution is -2.15.